The molecular formula is C11H7ClN2O3S2. The maximum absolute atomic E-state index is 11.6. The lowest BCUT2D eigenvalue weighted by atomic mass is 10.2. The second-order valence-corrected chi connectivity index (χ2v) is 5.89. The van der Waals surface area contributed by atoms with E-state index in [0.29, 0.717) is 9.94 Å². The molecule has 0 saturated carbocycles. The fourth-order valence-electron chi connectivity index (χ4n) is 1.39. The average molecular weight is 315 g/mol. The number of thioether (sulfide) groups is 2. The van der Waals surface area contributed by atoms with E-state index in [1.54, 1.807) is 6.07 Å². The van der Waals surface area contributed by atoms with Gasteiger partial charge in [-0.3, -0.25) is 14.9 Å². The molecule has 0 unspecified atom stereocenters. The molecule has 1 aromatic rings. The Morgan fingerprint density at radius 2 is 2.26 bits per heavy atom. The molecule has 0 atom stereocenters. The summed E-state index contributed by atoms with van der Waals surface area (Å²) in [7, 11) is 0. The van der Waals surface area contributed by atoms with Crippen LogP contribution in [-0.2, 0) is 4.79 Å². The Balaban J connectivity index is 2.39. The Labute approximate surface area is 122 Å². The van der Waals surface area contributed by atoms with Crippen LogP contribution in [0.4, 0.5) is 5.69 Å². The van der Waals surface area contributed by atoms with Crippen LogP contribution in [0.2, 0.25) is 5.02 Å². The Hall–Kier alpha value is -1.31. The van der Waals surface area contributed by atoms with Crippen LogP contribution in [-0.4, -0.2) is 20.7 Å². The van der Waals surface area contributed by atoms with E-state index in [-0.39, 0.29) is 21.5 Å². The van der Waals surface area contributed by atoms with E-state index in [0.717, 1.165) is 11.8 Å². The minimum absolute atomic E-state index is 0.0626. The van der Waals surface area contributed by atoms with Gasteiger partial charge in [0.25, 0.3) is 5.69 Å². The van der Waals surface area contributed by atoms with E-state index in [2.05, 4.69) is 4.99 Å². The minimum atomic E-state index is -0.563. The summed E-state index contributed by atoms with van der Waals surface area (Å²) in [5, 5.41) is 10.7. The van der Waals surface area contributed by atoms with Crippen molar-refractivity contribution in [1.29, 1.82) is 0 Å². The molecule has 1 heterocycles. The molecule has 0 fully saturated rings. The van der Waals surface area contributed by atoms with Gasteiger partial charge in [-0.15, -0.1) is 11.8 Å². The van der Waals surface area contributed by atoms with Gasteiger partial charge in [0.15, 0.2) is 0 Å². The number of benzene rings is 1. The highest BCUT2D eigenvalue weighted by molar-refractivity contribution is 8.45. The number of carbonyl (C=O) groups is 1. The first-order chi connectivity index (χ1) is 9.01. The third-order valence-electron chi connectivity index (χ3n) is 2.25. The number of halogens is 1. The van der Waals surface area contributed by atoms with Crippen LogP contribution in [0.25, 0.3) is 6.08 Å². The molecule has 5 nitrogen and oxygen atoms in total. The van der Waals surface area contributed by atoms with Crippen LogP contribution in [0.15, 0.2) is 28.9 Å². The van der Waals surface area contributed by atoms with E-state index < -0.39 is 4.92 Å². The van der Waals surface area contributed by atoms with Crippen molar-refractivity contribution in [3.63, 3.8) is 0 Å². The summed E-state index contributed by atoms with van der Waals surface area (Å²) in [6.07, 6.45) is 3.34. The first-order valence-electron chi connectivity index (χ1n) is 5.02. The van der Waals surface area contributed by atoms with Gasteiger partial charge in [0, 0.05) is 6.07 Å². The fourth-order valence-corrected chi connectivity index (χ4v) is 2.84. The van der Waals surface area contributed by atoms with Gasteiger partial charge in [0.2, 0.25) is 5.12 Å². The van der Waals surface area contributed by atoms with Crippen LogP contribution in [0.3, 0.4) is 0 Å². The maximum atomic E-state index is 11.6. The van der Waals surface area contributed by atoms with Gasteiger partial charge >= 0.3 is 0 Å². The van der Waals surface area contributed by atoms with E-state index in [9.17, 15) is 14.9 Å². The number of nitro benzene ring substituents is 1. The zero-order chi connectivity index (χ0) is 14.0. The molecule has 0 saturated heterocycles. The highest BCUT2D eigenvalue weighted by atomic mass is 35.5. The topological polar surface area (TPSA) is 72.6 Å². The van der Waals surface area contributed by atoms with Crippen LogP contribution in [0, 0.1) is 10.1 Å². The summed E-state index contributed by atoms with van der Waals surface area (Å²) < 4.78 is 0.666. The standard InChI is InChI=1S/C11H7ClN2O3S2/c1-18-11-13-8(10(15)19-11)4-6-2-3-7(12)9(5-6)14(16)17/h2-5H,1H3/b8-4+. The van der Waals surface area contributed by atoms with Crippen molar-refractivity contribution in [2.75, 3.05) is 6.26 Å². The Kier molecular flexibility index (Phi) is 4.28. The van der Waals surface area contributed by atoms with Crippen LogP contribution in [0.1, 0.15) is 5.56 Å². The third kappa shape index (κ3) is 3.17. The molecule has 1 aliphatic rings. The monoisotopic (exact) mass is 314 g/mol. The largest absolute Gasteiger partial charge is 0.288 e. The summed E-state index contributed by atoms with van der Waals surface area (Å²) in [4.78, 5) is 26.0. The van der Waals surface area contributed by atoms with Crippen molar-refractivity contribution >= 4 is 56.4 Å². The average Bonchev–Trinajstić information content (AvgIpc) is 2.72. The fraction of sp³-hybridized carbons (Fsp3) is 0.0909. The Morgan fingerprint density at radius 3 is 2.84 bits per heavy atom. The summed E-state index contributed by atoms with van der Waals surface area (Å²) in [5.41, 5.74) is 0.611. The number of hydrogen-bond donors (Lipinski definition) is 0. The van der Waals surface area contributed by atoms with Gasteiger partial charge in [-0.05, 0) is 35.7 Å². The second kappa shape index (κ2) is 5.77. The predicted molar refractivity (Wildman–Crippen MR) is 79.6 cm³/mol. The zero-order valence-electron chi connectivity index (χ0n) is 9.62. The molecule has 1 aliphatic heterocycles. The van der Waals surface area contributed by atoms with Crippen molar-refractivity contribution in [2.24, 2.45) is 4.99 Å². The zero-order valence-corrected chi connectivity index (χ0v) is 12.0. The minimum Gasteiger partial charge on any atom is -0.279 e. The summed E-state index contributed by atoms with van der Waals surface area (Å²) in [5.74, 6) is 0. The summed E-state index contributed by atoms with van der Waals surface area (Å²) in [6, 6.07) is 4.35. The lowest BCUT2D eigenvalue weighted by Gasteiger charge is -1.97. The molecule has 0 bridgehead atoms. The number of hydrogen-bond acceptors (Lipinski definition) is 6. The van der Waals surface area contributed by atoms with E-state index in [1.165, 1.54) is 30.0 Å². The molecule has 0 radical (unpaired) electrons. The molecule has 8 heteroatoms. The van der Waals surface area contributed by atoms with Gasteiger partial charge < -0.3 is 0 Å². The summed E-state index contributed by atoms with van der Waals surface area (Å²) in [6.45, 7) is 0. The van der Waals surface area contributed by atoms with Gasteiger partial charge in [0.1, 0.15) is 15.1 Å². The molecule has 0 N–H and O–H groups in total. The van der Waals surface area contributed by atoms with Crippen molar-refractivity contribution in [3.8, 4) is 0 Å². The van der Waals surface area contributed by atoms with Crippen molar-refractivity contribution < 1.29 is 9.72 Å². The Morgan fingerprint density at radius 1 is 1.53 bits per heavy atom. The number of carbonyl (C=O) groups excluding carboxylic acids is 1. The van der Waals surface area contributed by atoms with E-state index in [4.69, 9.17) is 11.6 Å². The normalized spacial score (nSPS) is 16.8. The van der Waals surface area contributed by atoms with Gasteiger partial charge in [-0.2, -0.15) is 0 Å². The molecular weight excluding hydrogens is 308 g/mol. The van der Waals surface area contributed by atoms with Gasteiger partial charge in [-0.1, -0.05) is 17.7 Å². The highest BCUT2D eigenvalue weighted by Gasteiger charge is 2.21. The lowest BCUT2D eigenvalue weighted by Crippen LogP contribution is -1.91. The molecule has 0 aliphatic carbocycles. The first kappa shape index (κ1) is 14.1. The molecule has 1 aromatic carbocycles. The van der Waals surface area contributed by atoms with Crippen molar-refractivity contribution in [3.05, 3.63) is 44.6 Å². The number of nitrogens with zero attached hydrogens (tertiary/aromatic N) is 2. The Bertz CT molecular complexity index is 628. The smallest absolute Gasteiger partial charge is 0.279 e. The van der Waals surface area contributed by atoms with Crippen LogP contribution < -0.4 is 0 Å². The van der Waals surface area contributed by atoms with Gasteiger partial charge in [0.05, 0.1) is 4.92 Å². The van der Waals surface area contributed by atoms with E-state index in [1.807, 2.05) is 6.26 Å². The molecule has 0 amide bonds. The molecule has 2 rings (SSSR count). The molecule has 0 aromatic heterocycles. The van der Waals surface area contributed by atoms with Gasteiger partial charge in [-0.25, -0.2) is 4.99 Å². The quantitative estimate of drug-likeness (QED) is 0.474. The number of rotatable bonds is 2. The summed E-state index contributed by atoms with van der Waals surface area (Å²) >= 11 is 8.15. The first-order valence-corrected chi connectivity index (χ1v) is 7.43. The molecule has 0 spiro atoms. The second-order valence-electron chi connectivity index (χ2n) is 3.47. The maximum Gasteiger partial charge on any atom is 0.288 e. The predicted octanol–water partition coefficient (Wildman–Crippen LogP) is 3.58. The van der Waals surface area contributed by atoms with Crippen LogP contribution in [0.5, 0.6) is 0 Å². The lowest BCUT2D eigenvalue weighted by molar-refractivity contribution is -0.384. The van der Waals surface area contributed by atoms with Crippen LogP contribution >= 0.6 is 35.1 Å². The van der Waals surface area contributed by atoms with Crippen molar-refractivity contribution in [1.82, 2.24) is 0 Å². The number of aliphatic imine (C=N–C) groups is 1. The molecule has 98 valence electrons. The van der Waals surface area contributed by atoms with E-state index >= 15 is 0 Å². The van der Waals surface area contributed by atoms with Crippen molar-refractivity contribution in [2.45, 2.75) is 0 Å². The SMILES string of the molecule is CSC1=N/C(=C/c2ccc(Cl)c([N+](=O)[O-])c2)C(=O)S1. The molecule has 19 heavy (non-hydrogen) atoms. The third-order valence-corrected chi connectivity index (χ3v) is 4.42. The number of nitro groups is 1. The highest BCUT2D eigenvalue weighted by Crippen LogP contribution is 2.31.